The van der Waals surface area contributed by atoms with Gasteiger partial charge in [0.1, 0.15) is 11.5 Å². The topological polar surface area (TPSA) is 95.7 Å². The number of nitrogens with one attached hydrogen (secondary N) is 2. The number of anilines is 2. The van der Waals surface area contributed by atoms with E-state index in [2.05, 4.69) is 31.5 Å². The van der Waals surface area contributed by atoms with Gasteiger partial charge in [0.05, 0.1) is 25.1 Å². The van der Waals surface area contributed by atoms with Crippen LogP contribution in [0, 0.1) is 0 Å². The van der Waals surface area contributed by atoms with Crippen LogP contribution in [0.2, 0.25) is 0 Å². The van der Waals surface area contributed by atoms with E-state index in [0.29, 0.717) is 19.0 Å². The zero-order chi connectivity index (χ0) is 22.0. The lowest BCUT2D eigenvalue weighted by Gasteiger charge is -2.29. The van der Waals surface area contributed by atoms with Gasteiger partial charge in [0, 0.05) is 54.1 Å². The van der Waals surface area contributed by atoms with Crippen LogP contribution >= 0.6 is 0 Å². The Morgan fingerprint density at radius 3 is 2.79 bits per heavy atom. The summed E-state index contributed by atoms with van der Waals surface area (Å²) in [6.45, 7) is 2.94. The molecule has 2 N–H and O–H groups in total. The minimum Gasteiger partial charge on any atom is -0.378 e. The number of hydrazone groups is 1. The standard InChI is InChI=1S/C24H22N8O/c1-2-6-19-18(5-1)17(15-26-19)16-27-29-22-14-24(31-9-11-33-12-10-31)32-23(28-22)13-21(30-32)20-7-3-4-8-25-20/h1-8,13-16,26H,9-12H2,(H,28,29)/b27-16+. The molecule has 164 valence electrons. The summed E-state index contributed by atoms with van der Waals surface area (Å²) >= 11 is 0. The predicted octanol–water partition coefficient (Wildman–Crippen LogP) is 3.56. The van der Waals surface area contributed by atoms with Crippen LogP contribution in [0.3, 0.4) is 0 Å². The van der Waals surface area contributed by atoms with Crippen molar-refractivity contribution in [3.8, 4) is 11.4 Å². The smallest absolute Gasteiger partial charge is 0.160 e. The van der Waals surface area contributed by atoms with Crippen molar-refractivity contribution in [3.63, 3.8) is 0 Å². The zero-order valence-corrected chi connectivity index (χ0v) is 17.8. The minimum atomic E-state index is 0.646. The average Bonchev–Trinajstić information content (AvgIpc) is 3.49. The van der Waals surface area contributed by atoms with Gasteiger partial charge in [0.25, 0.3) is 0 Å². The van der Waals surface area contributed by atoms with Crippen LogP contribution in [0.1, 0.15) is 5.56 Å². The largest absolute Gasteiger partial charge is 0.378 e. The van der Waals surface area contributed by atoms with E-state index in [1.54, 1.807) is 12.4 Å². The molecule has 0 amide bonds. The SMILES string of the molecule is C(=N\Nc1cc(N2CCOCC2)n2nc(-c3ccccn3)cc2n1)/c1c[nH]c2ccccc12. The quantitative estimate of drug-likeness (QED) is 0.322. The highest BCUT2D eigenvalue weighted by atomic mass is 16.5. The third-order valence-electron chi connectivity index (χ3n) is 5.67. The summed E-state index contributed by atoms with van der Waals surface area (Å²) in [6, 6.07) is 17.8. The lowest BCUT2D eigenvalue weighted by atomic mass is 10.2. The number of hydrogen-bond donors (Lipinski definition) is 2. The van der Waals surface area contributed by atoms with Gasteiger partial charge in [0.2, 0.25) is 0 Å². The molecule has 0 aliphatic carbocycles. The molecule has 1 fully saturated rings. The minimum absolute atomic E-state index is 0.646. The molecule has 0 spiro atoms. The van der Waals surface area contributed by atoms with E-state index >= 15 is 0 Å². The summed E-state index contributed by atoms with van der Waals surface area (Å²) in [5.74, 6) is 1.59. The average molecular weight is 438 g/mol. The number of benzene rings is 1. The van der Waals surface area contributed by atoms with Gasteiger partial charge in [-0.1, -0.05) is 24.3 Å². The number of nitrogens with zero attached hydrogens (tertiary/aromatic N) is 6. The molecule has 6 rings (SSSR count). The number of ether oxygens (including phenoxy) is 1. The first-order chi connectivity index (χ1) is 16.3. The molecule has 33 heavy (non-hydrogen) atoms. The Morgan fingerprint density at radius 1 is 1.03 bits per heavy atom. The number of aromatic nitrogens is 5. The van der Waals surface area contributed by atoms with Crippen molar-refractivity contribution >= 4 is 34.4 Å². The van der Waals surface area contributed by atoms with Gasteiger partial charge < -0.3 is 14.6 Å². The summed E-state index contributed by atoms with van der Waals surface area (Å²) in [5.41, 5.74) is 7.49. The first-order valence-electron chi connectivity index (χ1n) is 10.9. The third kappa shape index (κ3) is 3.79. The second-order valence-electron chi connectivity index (χ2n) is 7.77. The third-order valence-corrected chi connectivity index (χ3v) is 5.67. The summed E-state index contributed by atoms with van der Waals surface area (Å²) in [6.07, 6.45) is 5.51. The number of pyridine rings is 1. The summed E-state index contributed by atoms with van der Waals surface area (Å²) < 4.78 is 7.41. The highest BCUT2D eigenvalue weighted by Crippen LogP contribution is 2.25. The number of H-pyrrole nitrogens is 1. The van der Waals surface area contributed by atoms with Crippen LogP contribution in [-0.4, -0.2) is 57.1 Å². The van der Waals surface area contributed by atoms with E-state index in [-0.39, 0.29) is 0 Å². The second-order valence-corrected chi connectivity index (χ2v) is 7.77. The molecule has 9 heteroatoms. The molecule has 9 nitrogen and oxygen atoms in total. The monoisotopic (exact) mass is 438 g/mol. The van der Waals surface area contributed by atoms with Crippen molar-refractivity contribution in [3.05, 3.63) is 72.6 Å². The first kappa shape index (κ1) is 19.4. The molecule has 1 saturated heterocycles. The molecular formula is C24H22N8O. The molecule has 1 aromatic carbocycles. The fourth-order valence-corrected chi connectivity index (χ4v) is 4.04. The molecule has 0 radical (unpaired) electrons. The lowest BCUT2D eigenvalue weighted by molar-refractivity contribution is 0.122. The van der Waals surface area contributed by atoms with E-state index < -0.39 is 0 Å². The van der Waals surface area contributed by atoms with Gasteiger partial charge in [-0.25, -0.2) is 4.98 Å². The zero-order valence-electron chi connectivity index (χ0n) is 17.8. The molecule has 0 unspecified atom stereocenters. The van der Waals surface area contributed by atoms with E-state index in [0.717, 1.165) is 52.4 Å². The number of rotatable bonds is 5. The van der Waals surface area contributed by atoms with Crippen LogP contribution < -0.4 is 10.3 Å². The molecule has 0 saturated carbocycles. The molecule has 0 atom stereocenters. The van der Waals surface area contributed by atoms with Crippen molar-refractivity contribution in [2.75, 3.05) is 36.6 Å². The Kier molecular flexibility index (Phi) is 4.93. The maximum Gasteiger partial charge on any atom is 0.160 e. The molecule has 1 aliphatic heterocycles. The Bertz CT molecular complexity index is 1430. The van der Waals surface area contributed by atoms with Gasteiger partial charge in [-0.15, -0.1) is 0 Å². The predicted molar refractivity (Wildman–Crippen MR) is 129 cm³/mol. The van der Waals surface area contributed by atoms with Gasteiger partial charge in [-0.3, -0.25) is 10.4 Å². The highest BCUT2D eigenvalue weighted by Gasteiger charge is 2.18. The van der Waals surface area contributed by atoms with Crippen molar-refractivity contribution < 1.29 is 4.74 Å². The van der Waals surface area contributed by atoms with Crippen molar-refractivity contribution in [1.29, 1.82) is 0 Å². The van der Waals surface area contributed by atoms with E-state index in [9.17, 15) is 0 Å². The fourth-order valence-electron chi connectivity index (χ4n) is 4.04. The fraction of sp³-hybridized carbons (Fsp3) is 0.167. The Hall–Kier alpha value is -4.24. The Balaban J connectivity index is 1.36. The van der Waals surface area contributed by atoms with Crippen LogP contribution in [-0.2, 0) is 4.74 Å². The van der Waals surface area contributed by atoms with Crippen LogP contribution in [0.5, 0.6) is 0 Å². The van der Waals surface area contributed by atoms with Gasteiger partial charge in [0.15, 0.2) is 11.5 Å². The number of morpholine rings is 1. The molecule has 1 aliphatic rings. The number of aromatic amines is 1. The number of fused-ring (bicyclic) bond motifs is 2. The van der Waals surface area contributed by atoms with Crippen LogP contribution in [0.4, 0.5) is 11.6 Å². The Morgan fingerprint density at radius 2 is 1.91 bits per heavy atom. The number of hydrogen-bond acceptors (Lipinski definition) is 7. The first-order valence-corrected chi connectivity index (χ1v) is 10.9. The van der Waals surface area contributed by atoms with E-state index in [1.807, 2.05) is 59.2 Å². The molecule has 5 heterocycles. The normalized spacial score (nSPS) is 14.5. The van der Waals surface area contributed by atoms with E-state index in [1.165, 1.54) is 0 Å². The lowest BCUT2D eigenvalue weighted by Crippen LogP contribution is -2.37. The summed E-state index contributed by atoms with van der Waals surface area (Å²) in [5, 5.41) is 10.4. The summed E-state index contributed by atoms with van der Waals surface area (Å²) in [4.78, 5) is 14.7. The van der Waals surface area contributed by atoms with Gasteiger partial charge in [-0.05, 0) is 18.2 Å². The second kappa shape index (κ2) is 8.36. The molecule has 0 bridgehead atoms. The Labute approximate surface area is 189 Å². The van der Waals surface area contributed by atoms with E-state index in [4.69, 9.17) is 14.8 Å². The van der Waals surface area contributed by atoms with Gasteiger partial charge >= 0.3 is 0 Å². The molecule has 5 aromatic rings. The van der Waals surface area contributed by atoms with Crippen molar-refractivity contribution in [2.45, 2.75) is 0 Å². The summed E-state index contributed by atoms with van der Waals surface area (Å²) in [7, 11) is 0. The van der Waals surface area contributed by atoms with Crippen LogP contribution in [0.25, 0.3) is 27.9 Å². The maximum atomic E-state index is 5.54. The van der Waals surface area contributed by atoms with Crippen LogP contribution in [0.15, 0.2) is 72.1 Å². The van der Waals surface area contributed by atoms with Gasteiger partial charge in [-0.2, -0.15) is 14.7 Å². The van der Waals surface area contributed by atoms with Crippen molar-refractivity contribution in [1.82, 2.24) is 24.6 Å². The number of para-hydroxylation sites is 1. The maximum absolute atomic E-state index is 5.54. The highest BCUT2D eigenvalue weighted by molar-refractivity contribution is 5.99. The molecular weight excluding hydrogens is 416 g/mol. The van der Waals surface area contributed by atoms with Crippen molar-refractivity contribution in [2.24, 2.45) is 5.10 Å². The molecule has 4 aromatic heterocycles.